The maximum absolute atomic E-state index is 11.5. The van der Waals surface area contributed by atoms with Crippen LogP contribution < -0.4 is 10.8 Å². The number of nitrogens with one attached hydrogen (secondary N) is 2. The van der Waals surface area contributed by atoms with Gasteiger partial charge in [0.1, 0.15) is 6.04 Å². The Balaban J connectivity index is 2.51. The summed E-state index contributed by atoms with van der Waals surface area (Å²) < 4.78 is 0. The summed E-state index contributed by atoms with van der Waals surface area (Å²) in [5.41, 5.74) is 2.17. The molecule has 1 atom stereocenters. The standard InChI is InChI=1S/C11H14N2O4/c14-7-9(11(16)13-17)12-10(15)6-8-4-2-1-3-5-8/h1-5,9,14,17H,6-7H2,(H,12,15)(H,13,16)/t9-/m0/s1. The minimum Gasteiger partial charge on any atom is -0.394 e. The van der Waals surface area contributed by atoms with E-state index in [0.717, 1.165) is 5.56 Å². The van der Waals surface area contributed by atoms with Gasteiger partial charge in [-0.2, -0.15) is 0 Å². The van der Waals surface area contributed by atoms with Gasteiger partial charge in [0, 0.05) is 0 Å². The summed E-state index contributed by atoms with van der Waals surface area (Å²) in [6, 6.07) is 7.84. The van der Waals surface area contributed by atoms with Crippen LogP contribution in [0.5, 0.6) is 0 Å². The fourth-order valence-electron chi connectivity index (χ4n) is 1.30. The molecule has 0 radical (unpaired) electrons. The molecule has 0 bridgehead atoms. The molecule has 0 aliphatic heterocycles. The lowest BCUT2D eigenvalue weighted by atomic mass is 10.1. The molecule has 92 valence electrons. The molecular formula is C11H14N2O4. The zero-order valence-electron chi connectivity index (χ0n) is 9.09. The third-order valence-corrected chi connectivity index (χ3v) is 2.15. The molecule has 0 spiro atoms. The first-order valence-corrected chi connectivity index (χ1v) is 5.05. The van der Waals surface area contributed by atoms with E-state index in [2.05, 4.69) is 5.32 Å². The molecule has 0 fully saturated rings. The number of hydrogen-bond donors (Lipinski definition) is 4. The van der Waals surface area contributed by atoms with Gasteiger partial charge in [-0.25, -0.2) is 5.48 Å². The first kappa shape index (κ1) is 13.1. The average molecular weight is 238 g/mol. The number of carbonyl (C=O) groups excluding carboxylic acids is 2. The summed E-state index contributed by atoms with van der Waals surface area (Å²) in [7, 11) is 0. The second-order valence-electron chi connectivity index (χ2n) is 3.44. The average Bonchev–Trinajstić information content (AvgIpc) is 2.36. The van der Waals surface area contributed by atoms with Gasteiger partial charge >= 0.3 is 0 Å². The van der Waals surface area contributed by atoms with Gasteiger partial charge in [-0.3, -0.25) is 14.8 Å². The van der Waals surface area contributed by atoms with E-state index in [1.165, 1.54) is 5.48 Å². The molecule has 4 N–H and O–H groups in total. The molecule has 0 aromatic heterocycles. The normalized spacial score (nSPS) is 11.6. The number of amides is 2. The molecule has 0 saturated carbocycles. The second-order valence-corrected chi connectivity index (χ2v) is 3.44. The molecule has 0 heterocycles. The van der Waals surface area contributed by atoms with Gasteiger partial charge in [-0.15, -0.1) is 0 Å². The van der Waals surface area contributed by atoms with Gasteiger partial charge in [-0.1, -0.05) is 30.3 Å². The number of hydrogen-bond acceptors (Lipinski definition) is 4. The Kier molecular flexibility index (Phi) is 5.12. The van der Waals surface area contributed by atoms with Crippen LogP contribution in [0.2, 0.25) is 0 Å². The Bertz CT molecular complexity index is 380. The third kappa shape index (κ3) is 4.21. The van der Waals surface area contributed by atoms with Crippen molar-refractivity contribution in [2.24, 2.45) is 0 Å². The van der Waals surface area contributed by atoms with Crippen molar-refractivity contribution in [3.8, 4) is 0 Å². The van der Waals surface area contributed by atoms with Crippen molar-refractivity contribution in [3.05, 3.63) is 35.9 Å². The minimum atomic E-state index is -1.14. The van der Waals surface area contributed by atoms with E-state index < -0.39 is 24.5 Å². The van der Waals surface area contributed by atoms with E-state index in [0.29, 0.717) is 0 Å². The number of hydroxylamine groups is 1. The van der Waals surface area contributed by atoms with Gasteiger partial charge in [0.2, 0.25) is 5.91 Å². The van der Waals surface area contributed by atoms with E-state index in [9.17, 15) is 9.59 Å². The van der Waals surface area contributed by atoms with E-state index in [1.54, 1.807) is 24.3 Å². The maximum Gasteiger partial charge on any atom is 0.268 e. The largest absolute Gasteiger partial charge is 0.394 e. The predicted molar refractivity (Wildman–Crippen MR) is 59.1 cm³/mol. The number of rotatable bonds is 5. The lowest BCUT2D eigenvalue weighted by Crippen LogP contribution is -2.48. The van der Waals surface area contributed by atoms with Crippen molar-refractivity contribution in [3.63, 3.8) is 0 Å². The molecule has 6 heteroatoms. The van der Waals surface area contributed by atoms with Crippen molar-refractivity contribution in [1.29, 1.82) is 0 Å². The summed E-state index contributed by atoms with van der Waals surface area (Å²) in [6.07, 6.45) is 0.107. The minimum absolute atomic E-state index is 0.107. The van der Waals surface area contributed by atoms with Crippen molar-refractivity contribution in [2.75, 3.05) is 6.61 Å². The number of carbonyl (C=O) groups is 2. The maximum atomic E-state index is 11.5. The Morgan fingerprint density at radius 2 is 1.88 bits per heavy atom. The molecular weight excluding hydrogens is 224 g/mol. The highest BCUT2D eigenvalue weighted by atomic mass is 16.5. The van der Waals surface area contributed by atoms with E-state index >= 15 is 0 Å². The lowest BCUT2D eigenvalue weighted by Gasteiger charge is -2.13. The molecule has 17 heavy (non-hydrogen) atoms. The molecule has 1 aromatic carbocycles. The molecule has 0 aliphatic rings. The van der Waals surface area contributed by atoms with Gasteiger partial charge in [0.25, 0.3) is 5.91 Å². The van der Waals surface area contributed by atoms with Crippen LogP contribution in [-0.2, 0) is 16.0 Å². The van der Waals surface area contributed by atoms with Crippen molar-refractivity contribution >= 4 is 11.8 Å². The fraction of sp³-hybridized carbons (Fsp3) is 0.273. The summed E-state index contributed by atoms with van der Waals surface area (Å²) in [4.78, 5) is 22.5. The van der Waals surface area contributed by atoms with Crippen molar-refractivity contribution < 1.29 is 19.9 Å². The monoisotopic (exact) mass is 238 g/mol. The SMILES string of the molecule is O=C(Cc1ccccc1)N[C@@H](CO)C(=O)NO. The van der Waals surface area contributed by atoms with Crippen molar-refractivity contribution in [2.45, 2.75) is 12.5 Å². The molecule has 0 unspecified atom stereocenters. The quantitative estimate of drug-likeness (QED) is 0.399. The zero-order chi connectivity index (χ0) is 12.7. The first-order valence-electron chi connectivity index (χ1n) is 5.05. The Morgan fingerprint density at radius 1 is 1.24 bits per heavy atom. The van der Waals surface area contributed by atoms with Crippen molar-refractivity contribution in [1.82, 2.24) is 10.8 Å². The number of aliphatic hydroxyl groups is 1. The first-order chi connectivity index (χ1) is 8.17. The highest BCUT2D eigenvalue weighted by Gasteiger charge is 2.19. The van der Waals surface area contributed by atoms with E-state index in [1.807, 2.05) is 6.07 Å². The van der Waals surface area contributed by atoms with Gasteiger partial charge < -0.3 is 10.4 Å². The molecule has 0 saturated heterocycles. The van der Waals surface area contributed by atoms with Gasteiger partial charge in [0.15, 0.2) is 0 Å². The topological polar surface area (TPSA) is 98.7 Å². The van der Waals surface area contributed by atoms with Crippen LogP contribution in [0.3, 0.4) is 0 Å². The van der Waals surface area contributed by atoms with Crippen LogP contribution in [0.25, 0.3) is 0 Å². The summed E-state index contributed by atoms with van der Waals surface area (Å²) in [5.74, 6) is -1.26. The molecule has 2 amide bonds. The molecule has 0 aliphatic carbocycles. The summed E-state index contributed by atoms with van der Waals surface area (Å²) in [5, 5.41) is 19.5. The highest BCUT2D eigenvalue weighted by molar-refractivity contribution is 5.87. The van der Waals surface area contributed by atoms with Crippen LogP contribution in [0.15, 0.2) is 30.3 Å². The van der Waals surface area contributed by atoms with E-state index in [4.69, 9.17) is 10.3 Å². The Morgan fingerprint density at radius 3 is 2.41 bits per heavy atom. The number of aliphatic hydroxyl groups excluding tert-OH is 1. The molecule has 6 nitrogen and oxygen atoms in total. The second kappa shape index (κ2) is 6.62. The smallest absolute Gasteiger partial charge is 0.268 e. The summed E-state index contributed by atoms with van der Waals surface area (Å²) >= 11 is 0. The van der Waals surface area contributed by atoms with Gasteiger partial charge in [-0.05, 0) is 5.56 Å². The van der Waals surface area contributed by atoms with Crippen LogP contribution in [-0.4, -0.2) is 34.8 Å². The molecule has 1 rings (SSSR count). The zero-order valence-corrected chi connectivity index (χ0v) is 9.09. The number of benzene rings is 1. The van der Waals surface area contributed by atoms with E-state index in [-0.39, 0.29) is 6.42 Å². The van der Waals surface area contributed by atoms with Crippen LogP contribution in [0, 0.1) is 0 Å². The highest BCUT2D eigenvalue weighted by Crippen LogP contribution is 1.99. The fourth-order valence-corrected chi connectivity index (χ4v) is 1.30. The third-order valence-electron chi connectivity index (χ3n) is 2.15. The summed E-state index contributed by atoms with van der Waals surface area (Å²) in [6.45, 7) is -0.576. The Hall–Kier alpha value is -1.92. The Labute approximate surface area is 98.2 Å². The van der Waals surface area contributed by atoms with Crippen LogP contribution in [0.1, 0.15) is 5.56 Å². The van der Waals surface area contributed by atoms with Gasteiger partial charge in [0.05, 0.1) is 13.0 Å². The predicted octanol–water partition coefficient (Wildman–Crippen LogP) is -0.788. The lowest BCUT2D eigenvalue weighted by molar-refractivity contribution is -0.135. The molecule has 1 aromatic rings. The van der Waals surface area contributed by atoms with Crippen LogP contribution >= 0.6 is 0 Å². The van der Waals surface area contributed by atoms with Crippen LogP contribution in [0.4, 0.5) is 0 Å².